The summed E-state index contributed by atoms with van der Waals surface area (Å²) in [5.74, 6) is 0. The minimum atomic E-state index is -0.735. The second kappa shape index (κ2) is 12.6. The number of rotatable bonds is 12. The maximum absolute atomic E-state index is 10.7. The average molecular weight is 261 g/mol. The smallest absolute Gasteiger partial charge is 0.404 e. The molecule has 0 aromatic rings. The van der Waals surface area contributed by atoms with E-state index in [2.05, 4.69) is 0 Å². The standard InChI is InChI=1S/C13H27NO4/c14-13(17)18-12(9-7-11-16)8-5-3-1-2-4-6-10-15/h12,15-16H,1-11H2,(H2,14,17). The van der Waals surface area contributed by atoms with Crippen molar-refractivity contribution in [2.45, 2.75) is 63.9 Å². The third kappa shape index (κ3) is 11.7. The molecule has 0 aliphatic heterocycles. The lowest BCUT2D eigenvalue weighted by atomic mass is 10.0. The number of primary amides is 1. The van der Waals surface area contributed by atoms with Crippen LogP contribution in [0.3, 0.4) is 0 Å². The van der Waals surface area contributed by atoms with Crippen LogP contribution >= 0.6 is 0 Å². The number of hydrogen-bond acceptors (Lipinski definition) is 4. The first-order valence-corrected chi connectivity index (χ1v) is 6.88. The van der Waals surface area contributed by atoms with Gasteiger partial charge in [0.15, 0.2) is 0 Å². The van der Waals surface area contributed by atoms with E-state index in [-0.39, 0.29) is 19.3 Å². The van der Waals surface area contributed by atoms with Crippen molar-refractivity contribution < 1.29 is 19.7 Å². The molecule has 4 N–H and O–H groups in total. The number of unbranched alkanes of at least 4 members (excludes halogenated alkanes) is 5. The molecule has 0 radical (unpaired) electrons. The molecule has 0 fully saturated rings. The summed E-state index contributed by atoms with van der Waals surface area (Å²) in [5, 5.41) is 17.4. The van der Waals surface area contributed by atoms with Crippen LogP contribution in [0.1, 0.15) is 57.8 Å². The zero-order valence-corrected chi connectivity index (χ0v) is 11.1. The minimum Gasteiger partial charge on any atom is -0.446 e. The highest BCUT2D eigenvalue weighted by Gasteiger charge is 2.11. The Balaban J connectivity index is 3.52. The number of hydrogen-bond donors (Lipinski definition) is 3. The molecule has 1 amide bonds. The molecule has 0 saturated heterocycles. The molecule has 0 heterocycles. The summed E-state index contributed by atoms with van der Waals surface area (Å²) in [4.78, 5) is 10.7. The first-order chi connectivity index (χ1) is 8.70. The van der Waals surface area contributed by atoms with E-state index >= 15 is 0 Å². The summed E-state index contributed by atoms with van der Waals surface area (Å²) in [6.07, 6.45) is 7.55. The Morgan fingerprint density at radius 1 is 0.889 bits per heavy atom. The molecule has 0 spiro atoms. The number of carbonyl (C=O) groups excluding carboxylic acids is 1. The van der Waals surface area contributed by atoms with Crippen molar-refractivity contribution in [2.24, 2.45) is 5.73 Å². The van der Waals surface area contributed by atoms with Gasteiger partial charge in [0, 0.05) is 13.2 Å². The monoisotopic (exact) mass is 261 g/mol. The van der Waals surface area contributed by atoms with E-state index in [0.29, 0.717) is 12.8 Å². The number of aliphatic hydroxyl groups excluding tert-OH is 2. The highest BCUT2D eigenvalue weighted by Crippen LogP contribution is 2.13. The molecule has 0 aromatic carbocycles. The first-order valence-electron chi connectivity index (χ1n) is 6.88. The molecule has 108 valence electrons. The molecule has 0 saturated carbocycles. The van der Waals surface area contributed by atoms with Gasteiger partial charge in [-0.1, -0.05) is 25.7 Å². The lowest BCUT2D eigenvalue weighted by molar-refractivity contribution is 0.0885. The summed E-state index contributed by atoms with van der Waals surface area (Å²) < 4.78 is 4.99. The van der Waals surface area contributed by atoms with Crippen LogP contribution in [0.15, 0.2) is 0 Å². The molecular weight excluding hydrogens is 234 g/mol. The fraction of sp³-hybridized carbons (Fsp3) is 0.923. The predicted octanol–water partition coefficient (Wildman–Crippen LogP) is 1.95. The lowest BCUT2D eigenvalue weighted by Crippen LogP contribution is -2.23. The minimum absolute atomic E-state index is 0.111. The second-order valence-corrected chi connectivity index (χ2v) is 4.56. The molecule has 1 unspecified atom stereocenters. The van der Waals surface area contributed by atoms with Crippen LogP contribution < -0.4 is 5.73 Å². The Labute approximate surface area is 109 Å². The largest absolute Gasteiger partial charge is 0.446 e. The van der Waals surface area contributed by atoms with Crippen molar-refractivity contribution in [1.29, 1.82) is 0 Å². The summed E-state index contributed by atoms with van der Waals surface area (Å²) in [6.45, 7) is 0.384. The van der Waals surface area contributed by atoms with E-state index in [9.17, 15) is 4.79 Å². The fourth-order valence-corrected chi connectivity index (χ4v) is 1.94. The molecule has 5 heteroatoms. The summed E-state index contributed by atoms with van der Waals surface area (Å²) >= 11 is 0. The first kappa shape index (κ1) is 17.2. The van der Waals surface area contributed by atoms with Gasteiger partial charge in [-0.2, -0.15) is 0 Å². The van der Waals surface area contributed by atoms with Crippen LogP contribution in [0, 0.1) is 0 Å². The van der Waals surface area contributed by atoms with Crippen LogP contribution in [0.25, 0.3) is 0 Å². The third-order valence-corrected chi connectivity index (χ3v) is 2.90. The number of ether oxygens (including phenoxy) is 1. The molecule has 0 bridgehead atoms. The third-order valence-electron chi connectivity index (χ3n) is 2.90. The second-order valence-electron chi connectivity index (χ2n) is 4.56. The van der Waals surface area contributed by atoms with Crippen LogP contribution in [-0.2, 0) is 4.74 Å². The van der Waals surface area contributed by atoms with Crippen molar-refractivity contribution in [2.75, 3.05) is 13.2 Å². The summed E-state index contributed by atoms with van der Waals surface area (Å²) in [6, 6.07) is 0. The van der Waals surface area contributed by atoms with E-state index in [1.165, 1.54) is 0 Å². The van der Waals surface area contributed by atoms with E-state index < -0.39 is 6.09 Å². The normalized spacial score (nSPS) is 12.3. The zero-order chi connectivity index (χ0) is 13.6. The summed E-state index contributed by atoms with van der Waals surface area (Å²) in [5.41, 5.74) is 5.00. The van der Waals surface area contributed by atoms with Gasteiger partial charge in [-0.05, 0) is 32.1 Å². The molecule has 0 aliphatic rings. The van der Waals surface area contributed by atoms with E-state index in [4.69, 9.17) is 20.7 Å². The molecule has 18 heavy (non-hydrogen) atoms. The van der Waals surface area contributed by atoms with Crippen LogP contribution in [0.2, 0.25) is 0 Å². The topological polar surface area (TPSA) is 92.8 Å². The maximum Gasteiger partial charge on any atom is 0.404 e. The van der Waals surface area contributed by atoms with Crippen LogP contribution in [-0.4, -0.2) is 35.6 Å². The highest BCUT2D eigenvalue weighted by atomic mass is 16.6. The molecule has 1 atom stereocenters. The van der Waals surface area contributed by atoms with Crippen molar-refractivity contribution >= 4 is 6.09 Å². The number of nitrogens with two attached hydrogens (primary N) is 1. The lowest BCUT2D eigenvalue weighted by Gasteiger charge is -2.15. The van der Waals surface area contributed by atoms with Gasteiger partial charge in [-0.3, -0.25) is 0 Å². The van der Waals surface area contributed by atoms with Gasteiger partial charge in [0.05, 0.1) is 0 Å². The fourth-order valence-electron chi connectivity index (χ4n) is 1.94. The molecule has 0 aromatic heterocycles. The zero-order valence-electron chi connectivity index (χ0n) is 11.1. The SMILES string of the molecule is NC(=O)OC(CCCO)CCCCCCCCO. The Bertz CT molecular complexity index is 199. The average Bonchev–Trinajstić information content (AvgIpc) is 2.34. The highest BCUT2D eigenvalue weighted by molar-refractivity contribution is 5.64. The van der Waals surface area contributed by atoms with Gasteiger partial charge in [-0.25, -0.2) is 4.79 Å². The Kier molecular flexibility index (Phi) is 12.1. The van der Waals surface area contributed by atoms with Gasteiger partial charge in [0.1, 0.15) is 6.10 Å². The van der Waals surface area contributed by atoms with Crippen molar-refractivity contribution in [3.63, 3.8) is 0 Å². The number of aliphatic hydroxyl groups is 2. The van der Waals surface area contributed by atoms with Crippen LogP contribution in [0.4, 0.5) is 4.79 Å². The van der Waals surface area contributed by atoms with Crippen molar-refractivity contribution in [3.8, 4) is 0 Å². The molecule has 0 rings (SSSR count). The Morgan fingerprint density at radius 3 is 1.94 bits per heavy atom. The Hall–Kier alpha value is -0.810. The summed E-state index contributed by atoms with van der Waals surface area (Å²) in [7, 11) is 0. The van der Waals surface area contributed by atoms with E-state index in [1.807, 2.05) is 0 Å². The van der Waals surface area contributed by atoms with Crippen molar-refractivity contribution in [1.82, 2.24) is 0 Å². The van der Waals surface area contributed by atoms with Gasteiger partial charge in [0.25, 0.3) is 0 Å². The molecular formula is C13H27NO4. The van der Waals surface area contributed by atoms with E-state index in [0.717, 1.165) is 44.9 Å². The molecule has 5 nitrogen and oxygen atoms in total. The quantitative estimate of drug-likeness (QED) is 0.468. The van der Waals surface area contributed by atoms with Crippen molar-refractivity contribution in [3.05, 3.63) is 0 Å². The number of amides is 1. The van der Waals surface area contributed by atoms with Gasteiger partial charge in [-0.15, -0.1) is 0 Å². The molecule has 0 aliphatic carbocycles. The van der Waals surface area contributed by atoms with Gasteiger partial charge in [0.2, 0.25) is 0 Å². The van der Waals surface area contributed by atoms with Gasteiger partial charge >= 0.3 is 6.09 Å². The van der Waals surface area contributed by atoms with E-state index in [1.54, 1.807) is 0 Å². The van der Waals surface area contributed by atoms with Crippen LogP contribution in [0.5, 0.6) is 0 Å². The predicted molar refractivity (Wildman–Crippen MR) is 70.2 cm³/mol. The van der Waals surface area contributed by atoms with Gasteiger partial charge < -0.3 is 20.7 Å². The maximum atomic E-state index is 10.7. The number of carbonyl (C=O) groups is 1. The Morgan fingerprint density at radius 2 is 1.39 bits per heavy atom.